The third kappa shape index (κ3) is 2.54. The Balaban J connectivity index is 2.13. The number of fused-ring (bicyclic) bond motifs is 3. The van der Waals surface area contributed by atoms with E-state index in [-0.39, 0.29) is 11.3 Å². The molecule has 3 rings (SSSR count). The highest BCUT2D eigenvalue weighted by molar-refractivity contribution is 14.1. The van der Waals surface area contributed by atoms with Gasteiger partial charge in [-0.15, -0.1) is 0 Å². The van der Waals surface area contributed by atoms with Crippen LogP contribution < -0.4 is 0 Å². The number of hydrogen-bond donors (Lipinski definition) is 1. The minimum atomic E-state index is -0.606. The molecule has 2 aliphatic rings. The predicted octanol–water partition coefficient (Wildman–Crippen LogP) is 5.51. The Morgan fingerprint density at radius 3 is 2.61 bits per heavy atom. The van der Waals surface area contributed by atoms with Gasteiger partial charge >= 0.3 is 5.97 Å². The molecule has 0 aliphatic heterocycles. The largest absolute Gasteiger partial charge is 0.481 e. The number of rotatable bonds is 2. The standard InChI is InChI=1S/C20H27IO2/c1-12(2)14-10-13-6-7-17-19(3,15(13)11-16(14)21)8-5-9-20(17,4)18(22)23/h10-12,17H,5-9H2,1-4H3,(H,22,23). The van der Waals surface area contributed by atoms with Gasteiger partial charge in [-0.05, 0) is 95.2 Å². The molecule has 3 atom stereocenters. The van der Waals surface area contributed by atoms with Crippen molar-refractivity contribution in [3.05, 3.63) is 32.4 Å². The third-order valence-corrected chi connectivity index (χ3v) is 7.52. The summed E-state index contributed by atoms with van der Waals surface area (Å²) in [6.07, 6.45) is 4.97. The summed E-state index contributed by atoms with van der Waals surface area (Å²) in [7, 11) is 0. The quantitative estimate of drug-likeness (QED) is 0.634. The fraction of sp³-hybridized carbons (Fsp3) is 0.650. The molecular weight excluding hydrogens is 399 g/mol. The monoisotopic (exact) mass is 426 g/mol. The molecule has 1 aromatic carbocycles. The van der Waals surface area contributed by atoms with E-state index in [0.29, 0.717) is 5.92 Å². The predicted molar refractivity (Wildman–Crippen MR) is 102 cm³/mol. The van der Waals surface area contributed by atoms with E-state index in [0.717, 1.165) is 32.1 Å². The van der Waals surface area contributed by atoms with Crippen LogP contribution in [0.3, 0.4) is 0 Å². The number of aliphatic carboxylic acids is 1. The Morgan fingerprint density at radius 1 is 1.30 bits per heavy atom. The Kier molecular flexibility index (Phi) is 4.31. The first-order valence-electron chi connectivity index (χ1n) is 8.76. The van der Waals surface area contributed by atoms with E-state index < -0.39 is 11.4 Å². The molecule has 0 spiro atoms. The molecule has 2 nitrogen and oxygen atoms in total. The maximum Gasteiger partial charge on any atom is 0.309 e. The van der Waals surface area contributed by atoms with E-state index in [9.17, 15) is 9.90 Å². The molecule has 1 aromatic rings. The van der Waals surface area contributed by atoms with E-state index in [1.165, 1.54) is 20.3 Å². The van der Waals surface area contributed by atoms with Crippen molar-refractivity contribution in [3.63, 3.8) is 0 Å². The van der Waals surface area contributed by atoms with E-state index in [2.05, 4.69) is 55.5 Å². The van der Waals surface area contributed by atoms with Gasteiger partial charge in [0.2, 0.25) is 0 Å². The fourth-order valence-corrected chi connectivity index (χ4v) is 6.30. The maximum atomic E-state index is 12.0. The summed E-state index contributed by atoms with van der Waals surface area (Å²) in [6, 6.07) is 4.76. The normalized spacial score (nSPS) is 33.2. The van der Waals surface area contributed by atoms with Gasteiger partial charge in [-0.1, -0.05) is 33.3 Å². The second-order valence-electron chi connectivity index (χ2n) is 8.27. The van der Waals surface area contributed by atoms with E-state index in [1.807, 2.05) is 6.92 Å². The van der Waals surface area contributed by atoms with Crippen LogP contribution in [0.4, 0.5) is 0 Å². The first-order chi connectivity index (χ1) is 10.7. The molecule has 1 fully saturated rings. The molecule has 1 saturated carbocycles. The van der Waals surface area contributed by atoms with Gasteiger partial charge in [0.05, 0.1) is 5.41 Å². The van der Waals surface area contributed by atoms with Gasteiger partial charge < -0.3 is 5.11 Å². The Morgan fingerprint density at radius 2 is 2.00 bits per heavy atom. The van der Waals surface area contributed by atoms with Crippen LogP contribution >= 0.6 is 22.6 Å². The number of carboxylic acid groups (broad SMARTS) is 1. The summed E-state index contributed by atoms with van der Waals surface area (Å²) in [4.78, 5) is 12.0. The highest BCUT2D eigenvalue weighted by Crippen LogP contribution is 2.57. The van der Waals surface area contributed by atoms with Crippen LogP contribution in [0.25, 0.3) is 0 Å². The maximum absolute atomic E-state index is 12.0. The smallest absolute Gasteiger partial charge is 0.309 e. The summed E-state index contributed by atoms with van der Waals surface area (Å²) in [5.41, 5.74) is 3.75. The van der Waals surface area contributed by atoms with Gasteiger partial charge in [0.25, 0.3) is 0 Å². The Labute approximate surface area is 153 Å². The van der Waals surface area contributed by atoms with Crippen LogP contribution in [-0.4, -0.2) is 11.1 Å². The van der Waals surface area contributed by atoms with Gasteiger partial charge in [0.1, 0.15) is 0 Å². The zero-order valence-corrected chi connectivity index (χ0v) is 16.7. The number of benzene rings is 1. The first kappa shape index (κ1) is 17.2. The molecule has 3 unspecified atom stereocenters. The minimum Gasteiger partial charge on any atom is -0.481 e. The van der Waals surface area contributed by atoms with Crippen LogP contribution in [0.2, 0.25) is 0 Å². The summed E-state index contributed by atoms with van der Waals surface area (Å²) >= 11 is 2.46. The Bertz CT molecular complexity index is 651. The van der Waals surface area contributed by atoms with Gasteiger partial charge in [-0.25, -0.2) is 0 Å². The lowest BCUT2D eigenvalue weighted by molar-refractivity contribution is -0.157. The third-order valence-electron chi connectivity index (χ3n) is 6.58. The zero-order valence-electron chi connectivity index (χ0n) is 14.6. The first-order valence-corrected chi connectivity index (χ1v) is 9.84. The van der Waals surface area contributed by atoms with Gasteiger partial charge in [0, 0.05) is 3.57 Å². The SMILES string of the molecule is CC(C)c1cc2c(cc1I)C1(C)CCCC(C)(C(=O)O)C1CC2. The van der Waals surface area contributed by atoms with E-state index in [4.69, 9.17) is 0 Å². The van der Waals surface area contributed by atoms with Crippen LogP contribution in [0.5, 0.6) is 0 Å². The van der Waals surface area contributed by atoms with Crippen molar-refractivity contribution in [1.82, 2.24) is 0 Å². The summed E-state index contributed by atoms with van der Waals surface area (Å²) in [5, 5.41) is 9.87. The number of hydrogen-bond acceptors (Lipinski definition) is 1. The second kappa shape index (κ2) is 5.75. The number of halogens is 1. The van der Waals surface area contributed by atoms with Gasteiger partial charge in [-0.3, -0.25) is 4.79 Å². The lowest BCUT2D eigenvalue weighted by Gasteiger charge is -2.53. The van der Waals surface area contributed by atoms with E-state index in [1.54, 1.807) is 0 Å². The van der Waals surface area contributed by atoms with Crippen molar-refractivity contribution in [2.75, 3.05) is 0 Å². The summed E-state index contributed by atoms with van der Waals surface area (Å²) < 4.78 is 1.33. The van der Waals surface area contributed by atoms with Crippen molar-refractivity contribution < 1.29 is 9.90 Å². The zero-order chi connectivity index (χ0) is 17.0. The van der Waals surface area contributed by atoms with Crippen molar-refractivity contribution in [1.29, 1.82) is 0 Å². The summed E-state index contributed by atoms with van der Waals surface area (Å²) in [6.45, 7) is 8.80. The van der Waals surface area contributed by atoms with Gasteiger partial charge in [-0.2, -0.15) is 0 Å². The molecule has 0 radical (unpaired) electrons. The molecule has 0 amide bonds. The Hall–Kier alpha value is -0.580. The second-order valence-corrected chi connectivity index (χ2v) is 9.43. The number of carbonyl (C=O) groups is 1. The van der Waals surface area contributed by atoms with Crippen LogP contribution in [0.15, 0.2) is 12.1 Å². The number of aryl methyl sites for hydroxylation is 1. The van der Waals surface area contributed by atoms with Crippen LogP contribution in [0, 0.1) is 14.9 Å². The lowest BCUT2D eigenvalue weighted by Crippen LogP contribution is -2.52. The van der Waals surface area contributed by atoms with Crippen LogP contribution in [0.1, 0.15) is 76.0 Å². The minimum absolute atomic E-state index is 0.00834. The molecule has 3 heteroatoms. The average Bonchev–Trinajstić information content (AvgIpc) is 2.46. The average molecular weight is 426 g/mol. The van der Waals surface area contributed by atoms with Crippen molar-refractivity contribution in [2.45, 2.75) is 71.1 Å². The summed E-state index contributed by atoms with van der Waals surface area (Å²) in [5.74, 6) is 0.174. The van der Waals surface area contributed by atoms with Crippen molar-refractivity contribution in [3.8, 4) is 0 Å². The molecular formula is C20H27IO2. The van der Waals surface area contributed by atoms with Crippen molar-refractivity contribution in [2.24, 2.45) is 11.3 Å². The topological polar surface area (TPSA) is 37.3 Å². The molecule has 0 aromatic heterocycles. The van der Waals surface area contributed by atoms with Crippen molar-refractivity contribution >= 4 is 28.6 Å². The molecule has 0 bridgehead atoms. The molecule has 0 heterocycles. The van der Waals surface area contributed by atoms with E-state index >= 15 is 0 Å². The highest BCUT2D eigenvalue weighted by Gasteiger charge is 2.55. The highest BCUT2D eigenvalue weighted by atomic mass is 127. The molecule has 23 heavy (non-hydrogen) atoms. The molecule has 2 aliphatic carbocycles. The molecule has 1 N–H and O–H groups in total. The lowest BCUT2D eigenvalue weighted by atomic mass is 9.50. The molecule has 126 valence electrons. The van der Waals surface area contributed by atoms with Crippen LogP contribution in [-0.2, 0) is 16.6 Å². The fourth-order valence-electron chi connectivity index (χ4n) is 5.21. The molecule has 0 saturated heterocycles. The number of carboxylic acids is 1. The van der Waals surface area contributed by atoms with Gasteiger partial charge in [0.15, 0.2) is 0 Å².